The highest BCUT2D eigenvalue weighted by molar-refractivity contribution is 7.92. The Hall–Kier alpha value is -2.67. The summed E-state index contributed by atoms with van der Waals surface area (Å²) in [5.41, 5.74) is -0.419. The summed E-state index contributed by atoms with van der Waals surface area (Å²) in [4.78, 5) is 32.1. The van der Waals surface area contributed by atoms with Gasteiger partial charge < -0.3 is 9.84 Å². The van der Waals surface area contributed by atoms with Crippen molar-refractivity contribution in [1.29, 1.82) is 0 Å². The molecular weight excluding hydrogens is 362 g/mol. The van der Waals surface area contributed by atoms with Crippen LogP contribution in [0.5, 0.6) is 0 Å². The molecule has 1 unspecified atom stereocenters. The quantitative estimate of drug-likeness (QED) is 0.653. The number of carbonyl (C=O) groups excluding carboxylic acids is 1. The number of rotatable bonds is 4. The lowest BCUT2D eigenvalue weighted by Crippen LogP contribution is -2.46. The highest BCUT2D eigenvalue weighted by Gasteiger charge is 2.27. The van der Waals surface area contributed by atoms with Gasteiger partial charge >= 0.3 is 12.0 Å². The first-order valence-electron chi connectivity index (χ1n) is 6.26. The van der Waals surface area contributed by atoms with Crippen LogP contribution in [0.25, 0.3) is 0 Å². The van der Waals surface area contributed by atoms with Crippen LogP contribution in [0.4, 0.5) is 4.79 Å². The van der Waals surface area contributed by atoms with Crippen molar-refractivity contribution >= 4 is 45.7 Å². The van der Waals surface area contributed by atoms with Gasteiger partial charge in [-0.2, -0.15) is 4.99 Å². The molecule has 24 heavy (non-hydrogen) atoms. The summed E-state index contributed by atoms with van der Waals surface area (Å²) >= 11 is 0.682. The van der Waals surface area contributed by atoms with Crippen LogP contribution in [-0.4, -0.2) is 63.2 Å². The first-order chi connectivity index (χ1) is 11.2. The topological polar surface area (TPSA) is 150 Å². The number of amides is 2. The fourth-order valence-electron chi connectivity index (χ4n) is 1.68. The Morgan fingerprint density at radius 3 is 2.79 bits per heavy atom. The second-order valence-electron chi connectivity index (χ2n) is 4.37. The lowest BCUT2D eigenvalue weighted by molar-refractivity contribution is 0.0693. The van der Waals surface area contributed by atoms with Gasteiger partial charge in [0.25, 0.3) is 16.0 Å². The molecule has 130 valence electrons. The number of hydrogen-bond donors (Lipinski definition) is 3. The Morgan fingerprint density at radius 2 is 2.17 bits per heavy atom. The molecule has 13 heteroatoms. The summed E-state index contributed by atoms with van der Waals surface area (Å²) in [6, 6.07) is 0.200. The van der Waals surface area contributed by atoms with Crippen LogP contribution in [0, 0.1) is 0 Å². The van der Waals surface area contributed by atoms with Crippen molar-refractivity contribution in [2.24, 2.45) is 9.98 Å². The van der Waals surface area contributed by atoms with E-state index < -0.39 is 38.1 Å². The van der Waals surface area contributed by atoms with Crippen molar-refractivity contribution < 1.29 is 27.9 Å². The molecule has 1 atom stereocenters. The molecular formula is C11H13N5O6S2. The van der Waals surface area contributed by atoms with Gasteiger partial charge in [0.2, 0.25) is 6.29 Å². The minimum atomic E-state index is -4.34. The number of carboxylic acid groups (broad SMARTS) is 1. The monoisotopic (exact) mass is 375 g/mol. The molecule has 0 aliphatic carbocycles. The lowest BCUT2D eigenvalue weighted by atomic mass is 10.4. The number of carbonyl (C=O) groups is 2. The van der Waals surface area contributed by atoms with Gasteiger partial charge in [0.1, 0.15) is 0 Å². The maximum absolute atomic E-state index is 12.1. The number of ether oxygens (including phenoxy) is 1. The molecule has 2 heterocycles. The summed E-state index contributed by atoms with van der Waals surface area (Å²) in [6.07, 6.45) is 0.265. The van der Waals surface area contributed by atoms with Crippen molar-refractivity contribution in [3.8, 4) is 0 Å². The molecule has 0 bridgehead atoms. The first kappa shape index (κ1) is 17.7. The number of thiophene rings is 1. The zero-order chi connectivity index (χ0) is 17.9. The fourth-order valence-corrected chi connectivity index (χ4v) is 3.93. The van der Waals surface area contributed by atoms with Gasteiger partial charge in [0.05, 0.1) is 19.0 Å². The van der Waals surface area contributed by atoms with E-state index in [9.17, 15) is 18.0 Å². The van der Waals surface area contributed by atoms with Crippen molar-refractivity contribution in [2.75, 3.05) is 14.2 Å². The first-order valence-corrected chi connectivity index (χ1v) is 8.63. The van der Waals surface area contributed by atoms with E-state index in [-0.39, 0.29) is 6.02 Å². The van der Waals surface area contributed by atoms with E-state index >= 15 is 0 Å². The summed E-state index contributed by atoms with van der Waals surface area (Å²) in [5.74, 6) is -1.41. The number of nitrogens with one attached hydrogen (secondary N) is 2. The molecule has 0 aromatic carbocycles. The van der Waals surface area contributed by atoms with E-state index in [1.807, 2.05) is 0 Å². The highest BCUT2D eigenvalue weighted by Crippen LogP contribution is 2.22. The van der Waals surface area contributed by atoms with E-state index in [0.29, 0.717) is 11.3 Å². The van der Waals surface area contributed by atoms with E-state index in [4.69, 9.17) is 9.84 Å². The number of urea groups is 1. The van der Waals surface area contributed by atoms with Gasteiger partial charge in [-0.1, -0.05) is 0 Å². The highest BCUT2D eigenvalue weighted by atomic mass is 32.2. The van der Waals surface area contributed by atoms with E-state index in [1.165, 1.54) is 23.7 Å². The van der Waals surface area contributed by atoms with E-state index in [0.717, 1.165) is 6.07 Å². The third-order valence-corrected chi connectivity index (χ3v) is 5.50. The van der Waals surface area contributed by atoms with Gasteiger partial charge in [0.15, 0.2) is 4.21 Å². The van der Waals surface area contributed by atoms with Gasteiger partial charge in [0, 0.05) is 7.05 Å². The molecule has 1 aliphatic rings. The summed E-state index contributed by atoms with van der Waals surface area (Å²) < 4.78 is 30.4. The summed E-state index contributed by atoms with van der Waals surface area (Å²) in [5, 5.41) is 12.5. The molecule has 1 aromatic heterocycles. The van der Waals surface area contributed by atoms with Gasteiger partial charge in [-0.15, -0.1) is 11.3 Å². The molecule has 0 saturated heterocycles. The van der Waals surface area contributed by atoms with E-state index in [2.05, 4.69) is 15.3 Å². The van der Waals surface area contributed by atoms with Crippen molar-refractivity contribution in [3.05, 3.63) is 17.0 Å². The number of amidine groups is 1. The number of hydrogen-bond acceptors (Lipinski definition) is 9. The smallest absolute Gasteiger partial charge is 0.337 e. The minimum Gasteiger partial charge on any atom is -0.478 e. The lowest BCUT2D eigenvalue weighted by Gasteiger charge is -2.21. The van der Waals surface area contributed by atoms with Crippen LogP contribution < -0.4 is 10.0 Å². The standard InChI is InChI=1S/C11H13N5O6S2/c1-16-5-12-9(14-11(16)22-2)13-10(19)15-24(20,21)8-6(7(17)18)3-4-23-8/h3-5,9H,1-2H3,(H,17,18)(H2,13,15,19). The Balaban J connectivity index is 2.09. The van der Waals surface area contributed by atoms with Crippen molar-refractivity contribution in [2.45, 2.75) is 10.5 Å². The Bertz CT molecular complexity index is 815. The van der Waals surface area contributed by atoms with Gasteiger partial charge in [-0.3, -0.25) is 10.2 Å². The van der Waals surface area contributed by atoms with Crippen LogP contribution in [0.1, 0.15) is 10.4 Å². The number of aliphatic imine (C=N–C) groups is 2. The molecule has 0 saturated carbocycles. The predicted octanol–water partition coefficient (Wildman–Crippen LogP) is -0.306. The van der Waals surface area contributed by atoms with Crippen LogP contribution in [0.2, 0.25) is 0 Å². The molecule has 3 N–H and O–H groups in total. The maximum atomic E-state index is 12.1. The van der Waals surface area contributed by atoms with Gasteiger partial charge in [-0.25, -0.2) is 27.7 Å². The number of nitrogens with zero attached hydrogens (tertiary/aromatic N) is 3. The fraction of sp³-hybridized carbons (Fsp3) is 0.273. The normalized spacial score (nSPS) is 17.2. The van der Waals surface area contributed by atoms with Crippen LogP contribution >= 0.6 is 11.3 Å². The molecule has 11 nitrogen and oxygen atoms in total. The average molecular weight is 375 g/mol. The van der Waals surface area contributed by atoms with Crippen molar-refractivity contribution in [3.63, 3.8) is 0 Å². The summed E-state index contributed by atoms with van der Waals surface area (Å²) in [7, 11) is -1.34. The number of sulfonamides is 1. The zero-order valence-corrected chi connectivity index (χ0v) is 14.1. The molecule has 2 amide bonds. The van der Waals surface area contributed by atoms with Crippen LogP contribution in [0.15, 0.2) is 25.6 Å². The molecule has 0 fully saturated rings. The second-order valence-corrected chi connectivity index (χ2v) is 7.16. The average Bonchev–Trinajstić information content (AvgIpc) is 2.99. The Morgan fingerprint density at radius 1 is 1.46 bits per heavy atom. The number of carboxylic acids is 1. The third-order valence-electron chi connectivity index (χ3n) is 2.69. The SMILES string of the molecule is COC1=NC(NC(=O)NS(=O)(=O)c2sccc2C(=O)O)N=CN1C. The number of methoxy groups -OCH3 is 1. The zero-order valence-electron chi connectivity index (χ0n) is 12.5. The number of aromatic carboxylic acids is 1. The van der Waals surface area contributed by atoms with Crippen molar-refractivity contribution in [1.82, 2.24) is 14.9 Å². The minimum absolute atomic E-state index is 0.171. The largest absolute Gasteiger partial charge is 0.478 e. The molecule has 1 aromatic rings. The predicted molar refractivity (Wildman–Crippen MR) is 84.6 cm³/mol. The Labute approximate surface area is 140 Å². The second kappa shape index (κ2) is 6.84. The molecule has 0 radical (unpaired) electrons. The maximum Gasteiger partial charge on any atom is 0.337 e. The van der Waals surface area contributed by atoms with Gasteiger partial charge in [-0.05, 0) is 11.4 Å². The van der Waals surface area contributed by atoms with Crippen LogP contribution in [-0.2, 0) is 14.8 Å². The van der Waals surface area contributed by atoms with E-state index in [1.54, 1.807) is 11.8 Å². The van der Waals surface area contributed by atoms with Crippen LogP contribution in [0.3, 0.4) is 0 Å². The Kier molecular flexibility index (Phi) is 5.04. The summed E-state index contributed by atoms with van der Waals surface area (Å²) in [6.45, 7) is 0. The molecule has 1 aliphatic heterocycles. The third kappa shape index (κ3) is 3.80. The molecule has 0 spiro atoms. The molecule has 2 rings (SSSR count).